The quantitative estimate of drug-likeness (QED) is 0.308. The van der Waals surface area contributed by atoms with Gasteiger partial charge in [-0.1, -0.05) is 28.1 Å². The molecule has 1 fully saturated rings. The Labute approximate surface area is 206 Å². The van der Waals surface area contributed by atoms with Crippen LogP contribution in [0.1, 0.15) is 34.7 Å². The standard InChI is InChI=1S/C26H22BrFN4S/c1-16-14-22(17(2)31(16)21-7-5-6-19(28)15-21)25-24(23-8-3-4-13-29-23)30-26(33)32(25)20-11-9-18(27)10-12-20/h3-15,24-25H,1-2H3,(H,30,33)/t24-,25+/m0/s1. The molecule has 2 atom stereocenters. The van der Waals surface area contributed by atoms with Gasteiger partial charge in [-0.25, -0.2) is 4.39 Å². The van der Waals surface area contributed by atoms with Crippen LogP contribution in [-0.2, 0) is 0 Å². The first kappa shape index (κ1) is 21.8. The summed E-state index contributed by atoms with van der Waals surface area (Å²) < 4.78 is 17.1. The van der Waals surface area contributed by atoms with Crippen molar-refractivity contribution >= 4 is 38.9 Å². The Kier molecular flexibility index (Phi) is 5.76. The molecule has 0 bridgehead atoms. The summed E-state index contributed by atoms with van der Waals surface area (Å²) in [5, 5.41) is 4.15. The van der Waals surface area contributed by atoms with E-state index in [1.807, 2.05) is 43.3 Å². The van der Waals surface area contributed by atoms with Crippen molar-refractivity contribution in [2.24, 2.45) is 0 Å². The van der Waals surface area contributed by atoms with Crippen LogP contribution < -0.4 is 10.2 Å². The monoisotopic (exact) mass is 520 g/mol. The maximum absolute atomic E-state index is 14.0. The van der Waals surface area contributed by atoms with E-state index < -0.39 is 0 Å². The Morgan fingerprint density at radius 1 is 0.970 bits per heavy atom. The van der Waals surface area contributed by atoms with Crippen LogP contribution in [0, 0.1) is 19.7 Å². The van der Waals surface area contributed by atoms with Gasteiger partial charge in [-0.3, -0.25) is 4.98 Å². The van der Waals surface area contributed by atoms with Crippen molar-refractivity contribution in [2.75, 3.05) is 4.90 Å². The van der Waals surface area contributed by atoms with Crippen LogP contribution in [0.4, 0.5) is 10.1 Å². The van der Waals surface area contributed by atoms with Crippen molar-refractivity contribution in [1.82, 2.24) is 14.9 Å². The second-order valence-corrected chi connectivity index (χ2v) is 9.42. The van der Waals surface area contributed by atoms with Crippen LogP contribution in [0.3, 0.4) is 0 Å². The highest BCUT2D eigenvalue weighted by Gasteiger charge is 2.42. The SMILES string of the molecule is Cc1cc([C@@H]2[C@H](c3ccccn3)NC(=S)N2c2ccc(Br)cc2)c(C)n1-c1cccc(F)c1. The van der Waals surface area contributed by atoms with Gasteiger partial charge in [0.2, 0.25) is 0 Å². The molecule has 2 aromatic carbocycles. The molecule has 0 saturated carbocycles. The maximum Gasteiger partial charge on any atom is 0.174 e. The summed E-state index contributed by atoms with van der Waals surface area (Å²) >= 11 is 9.34. The molecule has 2 aromatic heterocycles. The fourth-order valence-corrected chi connectivity index (χ4v) is 5.26. The van der Waals surface area contributed by atoms with Gasteiger partial charge in [0.05, 0.1) is 17.8 Å². The van der Waals surface area contributed by atoms with Gasteiger partial charge >= 0.3 is 0 Å². The molecule has 0 aliphatic carbocycles. The van der Waals surface area contributed by atoms with Crippen LogP contribution in [0.5, 0.6) is 0 Å². The van der Waals surface area contributed by atoms with Crippen LogP contribution in [0.15, 0.2) is 83.5 Å². The molecule has 1 aliphatic rings. The minimum Gasteiger partial charge on any atom is -0.351 e. The molecule has 0 amide bonds. The summed E-state index contributed by atoms with van der Waals surface area (Å²) in [4.78, 5) is 6.78. The van der Waals surface area contributed by atoms with Gasteiger partial charge in [-0.2, -0.15) is 0 Å². The highest BCUT2D eigenvalue weighted by molar-refractivity contribution is 9.10. The van der Waals surface area contributed by atoms with Crippen LogP contribution >= 0.6 is 28.1 Å². The molecule has 0 radical (unpaired) electrons. The van der Waals surface area contributed by atoms with E-state index in [9.17, 15) is 4.39 Å². The third kappa shape index (κ3) is 3.96. The summed E-state index contributed by atoms with van der Waals surface area (Å²) in [6, 6.07) is 22.6. The molecule has 0 spiro atoms. The van der Waals surface area contributed by atoms with Gasteiger partial charge in [0, 0.05) is 33.4 Å². The molecule has 7 heteroatoms. The lowest BCUT2D eigenvalue weighted by atomic mass is 9.96. The zero-order valence-electron chi connectivity index (χ0n) is 18.2. The van der Waals surface area contributed by atoms with Crippen molar-refractivity contribution in [2.45, 2.75) is 25.9 Å². The van der Waals surface area contributed by atoms with Gasteiger partial charge in [0.15, 0.2) is 5.11 Å². The van der Waals surface area contributed by atoms with Gasteiger partial charge in [0.25, 0.3) is 0 Å². The molecule has 33 heavy (non-hydrogen) atoms. The topological polar surface area (TPSA) is 33.1 Å². The molecule has 1 aliphatic heterocycles. The van der Waals surface area contributed by atoms with E-state index in [2.05, 4.69) is 60.8 Å². The minimum atomic E-state index is -0.256. The molecular weight excluding hydrogens is 499 g/mol. The molecular formula is C26H22BrFN4S. The number of halogens is 2. The van der Waals surface area contributed by atoms with Crippen molar-refractivity contribution < 1.29 is 4.39 Å². The van der Waals surface area contributed by atoms with Gasteiger partial charge in [-0.05, 0) is 92.3 Å². The number of thiocarbonyl (C=S) groups is 1. The largest absolute Gasteiger partial charge is 0.351 e. The average Bonchev–Trinajstić information content (AvgIpc) is 3.30. The first-order valence-electron chi connectivity index (χ1n) is 10.6. The Balaban J connectivity index is 1.68. The van der Waals surface area contributed by atoms with E-state index in [4.69, 9.17) is 12.2 Å². The molecule has 4 nitrogen and oxygen atoms in total. The molecule has 3 heterocycles. The minimum absolute atomic E-state index is 0.123. The van der Waals surface area contributed by atoms with Crippen LogP contribution in [0.25, 0.3) is 5.69 Å². The van der Waals surface area contributed by atoms with Gasteiger partial charge < -0.3 is 14.8 Å². The van der Waals surface area contributed by atoms with Crippen molar-refractivity contribution in [3.63, 3.8) is 0 Å². The van der Waals surface area contributed by atoms with Gasteiger partial charge in [0.1, 0.15) is 5.82 Å². The third-order valence-electron chi connectivity index (χ3n) is 6.06. The van der Waals surface area contributed by atoms with E-state index in [0.717, 1.165) is 38.5 Å². The lowest BCUT2D eigenvalue weighted by molar-refractivity contribution is 0.565. The Hall–Kier alpha value is -3.03. The number of rotatable bonds is 4. The van der Waals surface area contributed by atoms with Crippen molar-refractivity contribution in [3.8, 4) is 5.69 Å². The summed E-state index contributed by atoms with van der Waals surface area (Å²) in [6.07, 6.45) is 1.80. The van der Waals surface area contributed by atoms with Crippen molar-refractivity contribution in [3.05, 3.63) is 112 Å². The van der Waals surface area contributed by atoms with E-state index in [1.54, 1.807) is 18.3 Å². The Bertz CT molecular complexity index is 1320. The summed E-state index contributed by atoms with van der Waals surface area (Å²) in [5.74, 6) is -0.256. The fourth-order valence-electron chi connectivity index (χ4n) is 4.65. The van der Waals surface area contributed by atoms with Crippen LogP contribution in [-0.4, -0.2) is 14.7 Å². The Morgan fingerprint density at radius 3 is 2.45 bits per heavy atom. The fraction of sp³-hybridized carbons (Fsp3) is 0.154. The van der Waals surface area contributed by atoms with Crippen molar-refractivity contribution in [1.29, 1.82) is 0 Å². The zero-order chi connectivity index (χ0) is 23.1. The molecule has 5 rings (SSSR count). The number of nitrogens with zero attached hydrogens (tertiary/aromatic N) is 3. The third-order valence-corrected chi connectivity index (χ3v) is 6.90. The molecule has 0 unspecified atom stereocenters. The smallest absolute Gasteiger partial charge is 0.174 e. The molecule has 1 N–H and O–H groups in total. The predicted octanol–water partition coefficient (Wildman–Crippen LogP) is 6.57. The highest BCUT2D eigenvalue weighted by Crippen LogP contribution is 2.43. The summed E-state index contributed by atoms with van der Waals surface area (Å²) in [6.45, 7) is 4.12. The summed E-state index contributed by atoms with van der Waals surface area (Å²) in [7, 11) is 0. The zero-order valence-corrected chi connectivity index (χ0v) is 20.6. The number of nitrogens with one attached hydrogen (secondary N) is 1. The summed E-state index contributed by atoms with van der Waals surface area (Å²) in [5.41, 5.74) is 5.89. The lowest BCUT2D eigenvalue weighted by Gasteiger charge is -2.28. The first-order valence-corrected chi connectivity index (χ1v) is 11.8. The number of pyridine rings is 1. The maximum atomic E-state index is 14.0. The number of benzene rings is 2. The Morgan fingerprint density at radius 2 is 1.76 bits per heavy atom. The van der Waals surface area contributed by atoms with E-state index in [-0.39, 0.29) is 17.9 Å². The number of aryl methyl sites for hydroxylation is 1. The number of hydrogen-bond donors (Lipinski definition) is 1. The first-order chi connectivity index (χ1) is 15.9. The number of anilines is 1. The second kappa shape index (κ2) is 8.72. The highest BCUT2D eigenvalue weighted by atomic mass is 79.9. The van der Waals surface area contributed by atoms with Gasteiger partial charge in [-0.15, -0.1) is 0 Å². The second-order valence-electron chi connectivity index (χ2n) is 8.11. The van der Waals surface area contributed by atoms with E-state index >= 15 is 0 Å². The van der Waals surface area contributed by atoms with E-state index in [0.29, 0.717) is 5.11 Å². The molecule has 166 valence electrons. The van der Waals surface area contributed by atoms with E-state index in [1.165, 1.54) is 6.07 Å². The molecule has 4 aromatic rings. The number of aromatic nitrogens is 2. The van der Waals surface area contributed by atoms with Crippen LogP contribution in [0.2, 0.25) is 0 Å². The molecule has 1 saturated heterocycles. The predicted molar refractivity (Wildman–Crippen MR) is 137 cm³/mol. The normalized spacial score (nSPS) is 17.9. The lowest BCUT2D eigenvalue weighted by Crippen LogP contribution is -2.29. The number of hydrogen-bond acceptors (Lipinski definition) is 2. The average molecular weight is 521 g/mol.